The minimum atomic E-state index is 0.640. The van der Waals surface area contributed by atoms with Gasteiger partial charge in [-0.15, -0.1) is 0 Å². The van der Waals surface area contributed by atoms with Crippen LogP contribution >= 0.6 is 0 Å². The molecule has 108 valence electrons. The molecule has 3 nitrogen and oxygen atoms in total. The first kappa shape index (κ1) is 16.0. The van der Waals surface area contributed by atoms with Crippen LogP contribution in [-0.4, -0.2) is 18.2 Å². The van der Waals surface area contributed by atoms with Crippen LogP contribution in [0.2, 0.25) is 0 Å². The molecule has 0 radical (unpaired) electrons. The number of nitrogen functional groups attached to an aromatic ring is 1. The number of nitrogens with two attached hydrogens (primary N) is 1. The van der Waals surface area contributed by atoms with E-state index >= 15 is 0 Å². The highest BCUT2D eigenvalue weighted by molar-refractivity contribution is 5.38. The van der Waals surface area contributed by atoms with Crippen LogP contribution in [-0.2, 0) is 11.2 Å². The van der Waals surface area contributed by atoms with Gasteiger partial charge in [0.25, 0.3) is 0 Å². The van der Waals surface area contributed by atoms with Gasteiger partial charge in [0.05, 0.1) is 0 Å². The molecule has 1 aromatic rings. The maximum atomic E-state index is 5.66. The van der Waals surface area contributed by atoms with E-state index in [1.54, 1.807) is 6.20 Å². The van der Waals surface area contributed by atoms with Crippen molar-refractivity contribution in [2.75, 3.05) is 18.9 Å². The van der Waals surface area contributed by atoms with Crippen LogP contribution in [0, 0.1) is 11.8 Å². The van der Waals surface area contributed by atoms with Crippen molar-refractivity contribution in [3.8, 4) is 0 Å². The first-order valence-corrected chi connectivity index (χ1v) is 7.40. The second kappa shape index (κ2) is 8.92. The molecule has 1 saturated heterocycles. The quantitative estimate of drug-likeness (QED) is 0.906. The number of anilines is 1. The summed E-state index contributed by atoms with van der Waals surface area (Å²) >= 11 is 0. The van der Waals surface area contributed by atoms with Crippen molar-refractivity contribution >= 4 is 5.82 Å². The Kier molecular flexibility index (Phi) is 7.49. The SMILES string of the molecule is CC(C)Cc1cccnc1N.CCC1CCOCC1. The van der Waals surface area contributed by atoms with E-state index in [2.05, 4.69) is 25.8 Å². The van der Waals surface area contributed by atoms with E-state index in [1.807, 2.05) is 12.1 Å². The van der Waals surface area contributed by atoms with Crippen LogP contribution < -0.4 is 5.73 Å². The van der Waals surface area contributed by atoms with Crippen LogP contribution in [0.25, 0.3) is 0 Å². The average molecular weight is 264 g/mol. The Morgan fingerprint density at radius 3 is 2.53 bits per heavy atom. The fourth-order valence-electron chi connectivity index (χ4n) is 2.22. The Labute approximate surface area is 117 Å². The standard InChI is InChI=1S/C9H14N2.C7H14O/c1-7(2)6-8-4-3-5-11-9(8)10;1-2-7-3-5-8-6-4-7/h3-5,7H,6H2,1-2H3,(H2,10,11);7H,2-6H2,1H3. The summed E-state index contributed by atoms with van der Waals surface area (Å²) in [5, 5.41) is 0. The van der Waals surface area contributed by atoms with Crippen LogP contribution in [0.1, 0.15) is 45.6 Å². The maximum absolute atomic E-state index is 5.66. The van der Waals surface area contributed by atoms with Crippen molar-refractivity contribution in [3.05, 3.63) is 23.9 Å². The molecule has 0 unspecified atom stereocenters. The van der Waals surface area contributed by atoms with E-state index in [4.69, 9.17) is 10.5 Å². The highest BCUT2D eigenvalue weighted by Crippen LogP contribution is 2.16. The first-order chi connectivity index (χ1) is 9.13. The maximum Gasteiger partial charge on any atom is 0.126 e. The summed E-state index contributed by atoms with van der Waals surface area (Å²) in [6, 6.07) is 3.95. The van der Waals surface area contributed by atoms with Crippen LogP contribution in [0.5, 0.6) is 0 Å². The number of aromatic nitrogens is 1. The lowest BCUT2D eigenvalue weighted by Crippen LogP contribution is -2.14. The third-order valence-corrected chi connectivity index (χ3v) is 3.47. The predicted octanol–water partition coefficient (Wildman–Crippen LogP) is 3.69. The smallest absolute Gasteiger partial charge is 0.126 e. The minimum absolute atomic E-state index is 0.640. The topological polar surface area (TPSA) is 48.1 Å². The summed E-state index contributed by atoms with van der Waals surface area (Å²) in [6.45, 7) is 8.60. The van der Waals surface area contributed by atoms with Crippen molar-refractivity contribution < 1.29 is 4.74 Å². The molecule has 1 fully saturated rings. The van der Waals surface area contributed by atoms with E-state index < -0.39 is 0 Å². The summed E-state index contributed by atoms with van der Waals surface area (Å²) in [5.41, 5.74) is 6.81. The second-order valence-corrected chi connectivity index (χ2v) is 5.61. The molecule has 0 saturated carbocycles. The molecular formula is C16H28N2O. The predicted molar refractivity (Wildman–Crippen MR) is 81.0 cm³/mol. The number of pyridine rings is 1. The fraction of sp³-hybridized carbons (Fsp3) is 0.688. The van der Waals surface area contributed by atoms with Crippen LogP contribution in [0.4, 0.5) is 5.82 Å². The molecule has 0 spiro atoms. The lowest BCUT2D eigenvalue weighted by atomic mass is 9.98. The van der Waals surface area contributed by atoms with E-state index in [0.29, 0.717) is 11.7 Å². The van der Waals surface area contributed by atoms with Gasteiger partial charge < -0.3 is 10.5 Å². The van der Waals surface area contributed by atoms with Crippen molar-refractivity contribution in [1.29, 1.82) is 0 Å². The van der Waals surface area contributed by atoms with Crippen molar-refractivity contribution in [3.63, 3.8) is 0 Å². The molecule has 1 aliphatic rings. The van der Waals surface area contributed by atoms with Gasteiger partial charge in [-0.25, -0.2) is 4.98 Å². The van der Waals surface area contributed by atoms with E-state index in [9.17, 15) is 0 Å². The van der Waals surface area contributed by atoms with Crippen LogP contribution in [0.3, 0.4) is 0 Å². The lowest BCUT2D eigenvalue weighted by Gasteiger charge is -2.19. The summed E-state index contributed by atoms with van der Waals surface area (Å²) in [7, 11) is 0. The third kappa shape index (κ3) is 6.58. The van der Waals surface area contributed by atoms with Gasteiger partial charge in [-0.05, 0) is 42.7 Å². The molecule has 2 heterocycles. The molecule has 2 rings (SSSR count). The molecule has 3 heteroatoms. The second-order valence-electron chi connectivity index (χ2n) is 5.61. The molecule has 0 atom stereocenters. The monoisotopic (exact) mass is 264 g/mol. The Hall–Kier alpha value is -1.09. The molecule has 2 N–H and O–H groups in total. The number of nitrogens with zero attached hydrogens (tertiary/aromatic N) is 1. The Balaban J connectivity index is 0.000000200. The fourth-order valence-corrected chi connectivity index (χ4v) is 2.22. The lowest BCUT2D eigenvalue weighted by molar-refractivity contribution is 0.0654. The number of rotatable bonds is 3. The normalized spacial score (nSPS) is 16.0. The number of ether oxygens (including phenoxy) is 1. The first-order valence-electron chi connectivity index (χ1n) is 7.40. The van der Waals surface area contributed by atoms with E-state index in [1.165, 1.54) is 19.3 Å². The van der Waals surface area contributed by atoms with Gasteiger partial charge in [0, 0.05) is 19.4 Å². The van der Waals surface area contributed by atoms with Crippen LogP contribution in [0.15, 0.2) is 18.3 Å². The molecule has 1 aliphatic heterocycles. The van der Waals surface area contributed by atoms with Gasteiger partial charge in [0.2, 0.25) is 0 Å². The van der Waals surface area contributed by atoms with Gasteiger partial charge in [-0.1, -0.05) is 33.3 Å². The van der Waals surface area contributed by atoms with Crippen molar-refractivity contribution in [2.24, 2.45) is 11.8 Å². The zero-order valence-corrected chi connectivity index (χ0v) is 12.6. The summed E-state index contributed by atoms with van der Waals surface area (Å²) in [5.74, 6) is 2.27. The number of hydrogen-bond acceptors (Lipinski definition) is 3. The molecular weight excluding hydrogens is 236 g/mol. The molecule has 0 aliphatic carbocycles. The molecule has 0 aromatic carbocycles. The van der Waals surface area contributed by atoms with Gasteiger partial charge in [0.1, 0.15) is 5.82 Å². The van der Waals surface area contributed by atoms with Gasteiger partial charge in [-0.3, -0.25) is 0 Å². The highest BCUT2D eigenvalue weighted by Gasteiger charge is 2.09. The zero-order valence-electron chi connectivity index (χ0n) is 12.6. The molecule has 0 amide bonds. The zero-order chi connectivity index (χ0) is 14.1. The molecule has 1 aromatic heterocycles. The van der Waals surface area contributed by atoms with Gasteiger partial charge in [-0.2, -0.15) is 0 Å². The Morgan fingerprint density at radius 1 is 1.37 bits per heavy atom. The molecule has 19 heavy (non-hydrogen) atoms. The highest BCUT2D eigenvalue weighted by atomic mass is 16.5. The summed E-state index contributed by atoms with van der Waals surface area (Å²) in [4.78, 5) is 4.01. The van der Waals surface area contributed by atoms with E-state index in [-0.39, 0.29) is 0 Å². The van der Waals surface area contributed by atoms with Crippen molar-refractivity contribution in [1.82, 2.24) is 4.98 Å². The Morgan fingerprint density at radius 2 is 2.05 bits per heavy atom. The van der Waals surface area contributed by atoms with Gasteiger partial charge >= 0.3 is 0 Å². The third-order valence-electron chi connectivity index (χ3n) is 3.47. The Bertz CT molecular complexity index is 346. The summed E-state index contributed by atoms with van der Waals surface area (Å²) < 4.78 is 5.20. The summed E-state index contributed by atoms with van der Waals surface area (Å²) in [6.07, 6.45) is 6.65. The average Bonchev–Trinajstić information content (AvgIpc) is 2.43. The minimum Gasteiger partial charge on any atom is -0.383 e. The van der Waals surface area contributed by atoms with E-state index in [0.717, 1.165) is 31.1 Å². The molecule has 0 bridgehead atoms. The van der Waals surface area contributed by atoms with Gasteiger partial charge in [0.15, 0.2) is 0 Å². The number of hydrogen-bond donors (Lipinski definition) is 1. The largest absolute Gasteiger partial charge is 0.383 e. The van der Waals surface area contributed by atoms with Crippen molar-refractivity contribution in [2.45, 2.75) is 46.5 Å².